The first kappa shape index (κ1) is 21.3. The Morgan fingerprint density at radius 3 is 2.35 bits per heavy atom. The van der Waals surface area contributed by atoms with E-state index >= 15 is 0 Å². The third kappa shape index (κ3) is 4.40. The first-order chi connectivity index (χ1) is 14.8. The number of amides is 4. The van der Waals surface area contributed by atoms with E-state index in [-0.39, 0.29) is 41.9 Å². The number of hydrogen-bond acceptors (Lipinski definition) is 4. The number of nitrogens with one attached hydrogen (secondary N) is 1. The van der Waals surface area contributed by atoms with Gasteiger partial charge in [-0.1, -0.05) is 12.1 Å². The molecule has 0 bridgehead atoms. The second-order valence-corrected chi connectivity index (χ2v) is 8.50. The highest BCUT2D eigenvalue weighted by Gasteiger charge is 2.45. The fourth-order valence-electron chi connectivity index (χ4n) is 4.70. The van der Waals surface area contributed by atoms with Crippen molar-refractivity contribution in [1.29, 1.82) is 0 Å². The Morgan fingerprint density at radius 2 is 1.71 bits per heavy atom. The fourth-order valence-corrected chi connectivity index (χ4v) is 4.70. The summed E-state index contributed by atoms with van der Waals surface area (Å²) in [6, 6.07) is 4.50. The van der Waals surface area contributed by atoms with Gasteiger partial charge in [0.2, 0.25) is 23.6 Å². The first-order valence-corrected chi connectivity index (χ1v) is 10.7. The molecule has 3 fully saturated rings. The van der Waals surface area contributed by atoms with Gasteiger partial charge in [-0.3, -0.25) is 19.2 Å². The van der Waals surface area contributed by atoms with Crippen molar-refractivity contribution in [2.75, 3.05) is 32.7 Å². The summed E-state index contributed by atoms with van der Waals surface area (Å²) in [5.41, 5.74) is 0.768. The predicted octanol–water partition coefficient (Wildman–Crippen LogP) is 0.165. The molecule has 0 aromatic heterocycles. The van der Waals surface area contributed by atoms with Crippen molar-refractivity contribution in [3.8, 4) is 0 Å². The Kier molecular flexibility index (Phi) is 5.93. The zero-order valence-corrected chi connectivity index (χ0v) is 17.6. The highest BCUT2D eigenvalue weighted by atomic mass is 19.1. The Balaban J connectivity index is 1.36. The van der Waals surface area contributed by atoms with Crippen molar-refractivity contribution >= 4 is 23.6 Å². The minimum Gasteiger partial charge on any atom is -0.343 e. The average Bonchev–Trinajstić information content (AvgIpc) is 2.78. The molecular formula is C22H27FN4O4. The van der Waals surface area contributed by atoms with Gasteiger partial charge in [-0.15, -0.1) is 0 Å². The maximum absolute atomic E-state index is 13.1. The van der Waals surface area contributed by atoms with Crippen LogP contribution in [0.1, 0.15) is 25.3 Å². The number of piperazine rings is 2. The number of halogens is 1. The van der Waals surface area contributed by atoms with Gasteiger partial charge in [-0.2, -0.15) is 0 Å². The zero-order valence-electron chi connectivity index (χ0n) is 17.6. The number of likely N-dealkylation sites (tertiary alicyclic amines) is 1. The van der Waals surface area contributed by atoms with Crippen molar-refractivity contribution in [1.82, 2.24) is 20.0 Å². The van der Waals surface area contributed by atoms with Crippen LogP contribution in [0.2, 0.25) is 0 Å². The number of benzene rings is 1. The van der Waals surface area contributed by atoms with Gasteiger partial charge in [0.15, 0.2) is 0 Å². The molecule has 0 saturated carbocycles. The van der Waals surface area contributed by atoms with E-state index in [2.05, 4.69) is 5.32 Å². The zero-order chi connectivity index (χ0) is 22.1. The van der Waals surface area contributed by atoms with Gasteiger partial charge in [0.1, 0.15) is 17.9 Å². The van der Waals surface area contributed by atoms with E-state index in [1.165, 1.54) is 19.1 Å². The molecule has 0 radical (unpaired) electrons. The summed E-state index contributed by atoms with van der Waals surface area (Å²) in [6.07, 6.45) is 1.54. The van der Waals surface area contributed by atoms with E-state index in [0.717, 1.165) is 5.56 Å². The third-order valence-electron chi connectivity index (χ3n) is 6.53. The van der Waals surface area contributed by atoms with E-state index < -0.39 is 12.1 Å². The summed E-state index contributed by atoms with van der Waals surface area (Å²) in [5.74, 6) is -0.929. The normalized spacial score (nSPS) is 24.6. The molecule has 166 valence electrons. The van der Waals surface area contributed by atoms with Crippen LogP contribution in [0.3, 0.4) is 0 Å². The van der Waals surface area contributed by atoms with Crippen LogP contribution in [0.15, 0.2) is 24.3 Å². The molecule has 0 spiro atoms. The molecule has 8 nitrogen and oxygen atoms in total. The van der Waals surface area contributed by atoms with Crippen LogP contribution in [0, 0.1) is 11.7 Å². The van der Waals surface area contributed by atoms with E-state index in [9.17, 15) is 23.6 Å². The predicted molar refractivity (Wildman–Crippen MR) is 109 cm³/mol. The summed E-state index contributed by atoms with van der Waals surface area (Å²) in [4.78, 5) is 55.2. The topological polar surface area (TPSA) is 90.0 Å². The molecule has 0 aliphatic carbocycles. The van der Waals surface area contributed by atoms with Crippen LogP contribution in [0.25, 0.3) is 0 Å². The molecule has 3 aliphatic heterocycles. The van der Waals surface area contributed by atoms with Crippen molar-refractivity contribution in [2.24, 2.45) is 5.92 Å². The van der Waals surface area contributed by atoms with Crippen molar-refractivity contribution in [2.45, 2.75) is 38.3 Å². The summed E-state index contributed by atoms with van der Waals surface area (Å²) >= 11 is 0. The van der Waals surface area contributed by atoms with Gasteiger partial charge in [0.25, 0.3) is 0 Å². The molecule has 4 amide bonds. The smallest absolute Gasteiger partial charge is 0.246 e. The average molecular weight is 430 g/mol. The minimum atomic E-state index is -0.688. The van der Waals surface area contributed by atoms with E-state index in [1.807, 2.05) is 0 Å². The van der Waals surface area contributed by atoms with Gasteiger partial charge in [0.05, 0.1) is 6.54 Å². The van der Waals surface area contributed by atoms with Crippen molar-refractivity contribution in [3.63, 3.8) is 0 Å². The number of nitrogens with zero attached hydrogens (tertiary/aromatic N) is 3. The molecule has 0 unspecified atom stereocenters. The lowest BCUT2D eigenvalue weighted by molar-refractivity contribution is -0.157. The summed E-state index contributed by atoms with van der Waals surface area (Å²) in [7, 11) is 0. The molecule has 2 atom stereocenters. The lowest BCUT2D eigenvalue weighted by atomic mass is 9.93. The maximum Gasteiger partial charge on any atom is 0.246 e. The minimum absolute atomic E-state index is 0.00321. The lowest BCUT2D eigenvalue weighted by Crippen LogP contribution is -2.70. The summed E-state index contributed by atoms with van der Waals surface area (Å²) in [6.45, 7) is 3.56. The lowest BCUT2D eigenvalue weighted by Gasteiger charge is -2.46. The second kappa shape index (κ2) is 8.64. The van der Waals surface area contributed by atoms with E-state index in [1.54, 1.807) is 26.8 Å². The van der Waals surface area contributed by atoms with Crippen molar-refractivity contribution in [3.05, 3.63) is 35.6 Å². The maximum atomic E-state index is 13.1. The highest BCUT2D eigenvalue weighted by molar-refractivity contribution is 5.98. The van der Waals surface area contributed by atoms with Gasteiger partial charge in [-0.25, -0.2) is 4.39 Å². The first-order valence-electron chi connectivity index (χ1n) is 10.7. The number of carbonyl (C=O) groups is 4. The standard InChI is InChI=1S/C22H27FN4O4/c1-14(28)25-8-6-16(7-9-25)21(30)26-10-11-27-19(13-26)20(29)24-18(22(27)31)12-15-2-4-17(23)5-3-15/h2-5,16,18-19H,6-13H2,1H3,(H,24,29)/t18-,19+/m0/s1. The number of fused-ring (bicyclic) bond motifs is 1. The van der Waals surface area contributed by atoms with Crippen molar-refractivity contribution < 1.29 is 23.6 Å². The van der Waals surface area contributed by atoms with Gasteiger partial charge < -0.3 is 20.0 Å². The quantitative estimate of drug-likeness (QED) is 0.740. The SMILES string of the molecule is CC(=O)N1CCC(C(=O)N2CCN3C(=O)[C@H](Cc4ccc(F)cc4)NC(=O)[C@H]3C2)CC1. The molecule has 31 heavy (non-hydrogen) atoms. The second-order valence-electron chi connectivity index (χ2n) is 8.50. The third-order valence-corrected chi connectivity index (χ3v) is 6.53. The number of rotatable bonds is 3. The Morgan fingerprint density at radius 1 is 1.03 bits per heavy atom. The van der Waals surface area contributed by atoms with Gasteiger partial charge >= 0.3 is 0 Å². The van der Waals surface area contributed by atoms with Crippen LogP contribution in [-0.2, 0) is 25.6 Å². The molecule has 1 aromatic rings. The Hall–Kier alpha value is -2.97. The molecular weight excluding hydrogens is 403 g/mol. The molecule has 3 heterocycles. The molecule has 9 heteroatoms. The van der Waals surface area contributed by atoms with E-state index in [0.29, 0.717) is 45.4 Å². The van der Waals surface area contributed by atoms with Gasteiger partial charge in [0, 0.05) is 45.4 Å². The summed E-state index contributed by atoms with van der Waals surface area (Å²) < 4.78 is 13.1. The van der Waals surface area contributed by atoms with E-state index in [4.69, 9.17) is 0 Å². The molecule has 3 aliphatic rings. The van der Waals surface area contributed by atoms with Crippen LogP contribution < -0.4 is 5.32 Å². The van der Waals surface area contributed by atoms with Crippen LogP contribution in [-0.4, -0.2) is 83.1 Å². The Labute approximate surface area is 180 Å². The highest BCUT2D eigenvalue weighted by Crippen LogP contribution is 2.24. The molecule has 1 N–H and O–H groups in total. The monoisotopic (exact) mass is 430 g/mol. The number of carbonyl (C=O) groups excluding carboxylic acids is 4. The molecule has 1 aromatic carbocycles. The van der Waals surface area contributed by atoms with Crippen LogP contribution in [0.4, 0.5) is 4.39 Å². The largest absolute Gasteiger partial charge is 0.343 e. The number of piperidine rings is 1. The number of hydrogen-bond donors (Lipinski definition) is 1. The molecule has 3 saturated heterocycles. The Bertz CT molecular complexity index is 882. The van der Waals surface area contributed by atoms with Crippen LogP contribution >= 0.6 is 0 Å². The summed E-state index contributed by atoms with van der Waals surface area (Å²) in [5, 5.41) is 2.78. The molecule has 4 rings (SSSR count). The fraction of sp³-hybridized carbons (Fsp3) is 0.545. The van der Waals surface area contributed by atoms with Crippen LogP contribution in [0.5, 0.6) is 0 Å². The van der Waals surface area contributed by atoms with Gasteiger partial charge in [-0.05, 0) is 30.5 Å².